The first kappa shape index (κ1) is 14.7. The second-order valence-corrected chi connectivity index (χ2v) is 5.32. The fourth-order valence-electron chi connectivity index (χ4n) is 1.84. The van der Waals surface area contributed by atoms with Gasteiger partial charge in [0.25, 0.3) is 5.91 Å². The molecule has 1 aromatic carbocycles. The number of halogens is 3. The number of carbonyl (C=O) groups excluding carboxylic acids is 1. The van der Waals surface area contributed by atoms with Crippen LogP contribution in [0, 0.1) is 11.6 Å². The van der Waals surface area contributed by atoms with Crippen molar-refractivity contribution in [1.29, 1.82) is 0 Å². The molecule has 0 spiro atoms. The number of hydrogen-bond donors (Lipinski definition) is 1. The summed E-state index contributed by atoms with van der Waals surface area (Å²) in [6.07, 6.45) is 1.97. The van der Waals surface area contributed by atoms with Gasteiger partial charge >= 0.3 is 0 Å². The molecule has 0 aliphatic heterocycles. The molecule has 0 saturated carbocycles. The Morgan fingerprint density at radius 1 is 1.40 bits per heavy atom. The van der Waals surface area contributed by atoms with Crippen LogP contribution in [0.25, 0.3) is 0 Å². The van der Waals surface area contributed by atoms with Crippen LogP contribution in [0.5, 0.6) is 0 Å². The number of furan rings is 1. The largest absolute Gasteiger partial charge is 0.469 e. The Morgan fingerprint density at radius 3 is 2.60 bits per heavy atom. The first-order chi connectivity index (χ1) is 9.47. The minimum Gasteiger partial charge on any atom is -0.469 e. The monoisotopic (exact) mass is 343 g/mol. The van der Waals surface area contributed by atoms with Gasteiger partial charge in [-0.3, -0.25) is 4.79 Å². The van der Waals surface area contributed by atoms with Crippen molar-refractivity contribution in [3.8, 4) is 0 Å². The van der Waals surface area contributed by atoms with E-state index in [0.717, 1.165) is 12.1 Å². The number of rotatable bonds is 4. The van der Waals surface area contributed by atoms with Crippen molar-refractivity contribution >= 4 is 21.8 Å². The molecule has 0 aliphatic carbocycles. The molecule has 1 atom stereocenters. The van der Waals surface area contributed by atoms with E-state index >= 15 is 0 Å². The highest BCUT2D eigenvalue weighted by molar-refractivity contribution is 9.10. The van der Waals surface area contributed by atoms with Gasteiger partial charge in [-0.15, -0.1) is 0 Å². The standard InChI is InChI=1S/C14H12BrF2NO2/c1-8(5-10-3-2-4-20-10)18-14(19)13-11(16)6-9(15)7-12(13)17/h2-4,6-8H,5H2,1H3,(H,18,19). The average molecular weight is 344 g/mol. The maximum absolute atomic E-state index is 13.6. The molecule has 1 aromatic heterocycles. The molecule has 0 aliphatic rings. The van der Waals surface area contributed by atoms with Gasteiger partial charge < -0.3 is 9.73 Å². The van der Waals surface area contributed by atoms with Crippen molar-refractivity contribution < 1.29 is 18.0 Å². The molecule has 0 radical (unpaired) electrons. The van der Waals surface area contributed by atoms with Gasteiger partial charge in [0.1, 0.15) is 23.0 Å². The van der Waals surface area contributed by atoms with Crippen LogP contribution in [0.4, 0.5) is 8.78 Å². The van der Waals surface area contributed by atoms with E-state index in [2.05, 4.69) is 21.2 Å². The number of benzene rings is 1. The van der Waals surface area contributed by atoms with E-state index in [1.54, 1.807) is 19.1 Å². The van der Waals surface area contributed by atoms with Gasteiger partial charge in [-0.2, -0.15) is 0 Å². The van der Waals surface area contributed by atoms with E-state index in [-0.39, 0.29) is 10.5 Å². The van der Waals surface area contributed by atoms with Crippen LogP contribution in [0.1, 0.15) is 23.0 Å². The van der Waals surface area contributed by atoms with Crippen molar-refractivity contribution in [3.63, 3.8) is 0 Å². The third kappa shape index (κ3) is 3.45. The SMILES string of the molecule is CC(Cc1ccco1)NC(=O)c1c(F)cc(Br)cc1F. The van der Waals surface area contributed by atoms with E-state index in [9.17, 15) is 13.6 Å². The van der Waals surface area contributed by atoms with Crippen LogP contribution >= 0.6 is 15.9 Å². The zero-order valence-corrected chi connectivity index (χ0v) is 12.2. The minimum atomic E-state index is -0.903. The molecule has 6 heteroatoms. The molecular formula is C14H12BrF2NO2. The molecule has 1 unspecified atom stereocenters. The summed E-state index contributed by atoms with van der Waals surface area (Å²) in [5.41, 5.74) is -0.584. The Balaban J connectivity index is 2.08. The number of carbonyl (C=O) groups is 1. The predicted molar refractivity (Wildman–Crippen MR) is 73.4 cm³/mol. The topological polar surface area (TPSA) is 42.2 Å². The molecule has 0 saturated heterocycles. The zero-order valence-electron chi connectivity index (χ0n) is 10.6. The third-order valence-corrected chi connectivity index (χ3v) is 3.16. The minimum absolute atomic E-state index is 0.243. The Hall–Kier alpha value is -1.69. The van der Waals surface area contributed by atoms with Crippen LogP contribution in [-0.4, -0.2) is 11.9 Å². The summed E-state index contributed by atoms with van der Waals surface area (Å²) in [7, 11) is 0. The van der Waals surface area contributed by atoms with E-state index in [4.69, 9.17) is 4.42 Å². The molecule has 106 valence electrons. The number of nitrogens with one attached hydrogen (secondary N) is 1. The normalized spacial score (nSPS) is 12.2. The highest BCUT2D eigenvalue weighted by Gasteiger charge is 2.20. The summed E-state index contributed by atoms with van der Waals surface area (Å²) < 4.78 is 32.7. The molecule has 0 bridgehead atoms. The molecular weight excluding hydrogens is 332 g/mol. The van der Waals surface area contributed by atoms with E-state index in [0.29, 0.717) is 12.2 Å². The predicted octanol–water partition coefficient (Wildman–Crippen LogP) is 3.68. The van der Waals surface area contributed by atoms with Crippen molar-refractivity contribution in [1.82, 2.24) is 5.32 Å². The lowest BCUT2D eigenvalue weighted by Crippen LogP contribution is -2.35. The maximum atomic E-state index is 13.6. The summed E-state index contributed by atoms with van der Waals surface area (Å²) in [4.78, 5) is 11.9. The Bertz CT molecular complexity index is 591. The maximum Gasteiger partial charge on any atom is 0.257 e. The van der Waals surface area contributed by atoms with Crippen molar-refractivity contribution in [3.05, 3.63) is 58.0 Å². The summed E-state index contributed by atoms with van der Waals surface area (Å²) in [5, 5.41) is 2.54. The molecule has 20 heavy (non-hydrogen) atoms. The van der Waals surface area contributed by atoms with Crippen LogP contribution in [-0.2, 0) is 6.42 Å². The quantitative estimate of drug-likeness (QED) is 0.919. The van der Waals surface area contributed by atoms with Gasteiger partial charge in [0.2, 0.25) is 0 Å². The second-order valence-electron chi connectivity index (χ2n) is 4.40. The van der Waals surface area contributed by atoms with Crippen LogP contribution < -0.4 is 5.32 Å². The van der Waals surface area contributed by atoms with Gasteiger partial charge in [0.05, 0.1) is 6.26 Å². The fourth-order valence-corrected chi connectivity index (χ4v) is 2.24. The van der Waals surface area contributed by atoms with Crippen LogP contribution in [0.2, 0.25) is 0 Å². The Kier molecular flexibility index (Phi) is 4.54. The zero-order chi connectivity index (χ0) is 14.7. The van der Waals surface area contributed by atoms with Crippen LogP contribution in [0.3, 0.4) is 0 Å². The van der Waals surface area contributed by atoms with Crippen molar-refractivity contribution in [2.75, 3.05) is 0 Å². The smallest absolute Gasteiger partial charge is 0.257 e. The molecule has 3 nitrogen and oxygen atoms in total. The number of hydrogen-bond acceptors (Lipinski definition) is 2. The lowest BCUT2D eigenvalue weighted by atomic mass is 10.1. The lowest BCUT2D eigenvalue weighted by molar-refractivity contribution is 0.0930. The summed E-state index contributed by atoms with van der Waals surface area (Å²) in [6.45, 7) is 1.73. The van der Waals surface area contributed by atoms with Crippen molar-refractivity contribution in [2.24, 2.45) is 0 Å². The fraction of sp³-hybridized carbons (Fsp3) is 0.214. The van der Waals surface area contributed by atoms with Gasteiger partial charge in [-0.25, -0.2) is 8.78 Å². The Labute approximate surface area is 123 Å². The third-order valence-electron chi connectivity index (χ3n) is 2.70. The van der Waals surface area contributed by atoms with E-state index in [1.165, 1.54) is 6.26 Å². The average Bonchev–Trinajstić information content (AvgIpc) is 2.79. The van der Waals surface area contributed by atoms with Gasteiger partial charge in [0, 0.05) is 16.9 Å². The summed E-state index contributed by atoms with van der Waals surface area (Å²) >= 11 is 2.96. The molecule has 1 heterocycles. The van der Waals surface area contributed by atoms with Crippen molar-refractivity contribution in [2.45, 2.75) is 19.4 Å². The molecule has 2 aromatic rings. The van der Waals surface area contributed by atoms with Gasteiger partial charge in [-0.05, 0) is 31.2 Å². The van der Waals surface area contributed by atoms with Gasteiger partial charge in [-0.1, -0.05) is 15.9 Å². The van der Waals surface area contributed by atoms with Gasteiger partial charge in [0.15, 0.2) is 0 Å². The molecule has 1 amide bonds. The first-order valence-corrected chi connectivity index (χ1v) is 6.74. The number of amides is 1. The Morgan fingerprint density at radius 2 is 2.05 bits per heavy atom. The summed E-state index contributed by atoms with van der Waals surface area (Å²) in [5.74, 6) is -1.90. The van der Waals surface area contributed by atoms with E-state index in [1.807, 2.05) is 0 Å². The highest BCUT2D eigenvalue weighted by atomic mass is 79.9. The molecule has 1 N–H and O–H groups in total. The molecule has 2 rings (SSSR count). The second kappa shape index (κ2) is 6.17. The lowest BCUT2D eigenvalue weighted by Gasteiger charge is -2.13. The molecule has 0 fully saturated rings. The summed E-state index contributed by atoms with van der Waals surface area (Å²) in [6, 6.07) is 5.29. The first-order valence-electron chi connectivity index (χ1n) is 5.95. The van der Waals surface area contributed by atoms with E-state index < -0.39 is 23.1 Å². The highest BCUT2D eigenvalue weighted by Crippen LogP contribution is 2.19. The van der Waals surface area contributed by atoms with Crippen LogP contribution in [0.15, 0.2) is 39.4 Å².